The molecule has 1 amide bonds. The first-order valence-corrected chi connectivity index (χ1v) is 9.73. The first-order valence-electron chi connectivity index (χ1n) is 9.73. The second-order valence-corrected chi connectivity index (χ2v) is 7.30. The molecule has 2 heterocycles. The molecule has 1 aliphatic rings. The lowest BCUT2D eigenvalue weighted by molar-refractivity contribution is -0.141. The minimum absolute atomic E-state index is 0.0717. The molecule has 0 aliphatic heterocycles. The van der Waals surface area contributed by atoms with Crippen molar-refractivity contribution in [3.05, 3.63) is 59.8 Å². The number of carbonyl (C=O) groups is 1. The van der Waals surface area contributed by atoms with Crippen LogP contribution in [-0.4, -0.2) is 31.9 Å². The zero-order valence-corrected chi connectivity index (χ0v) is 16.5. The van der Waals surface area contributed by atoms with Crippen molar-refractivity contribution >= 4 is 17.8 Å². The number of benzene rings is 1. The van der Waals surface area contributed by atoms with Gasteiger partial charge in [-0.2, -0.15) is 28.1 Å². The highest BCUT2D eigenvalue weighted by Gasteiger charge is 2.33. The van der Waals surface area contributed by atoms with Gasteiger partial charge in [0.1, 0.15) is 11.4 Å². The number of alkyl halides is 3. The zero-order chi connectivity index (χ0) is 22.0. The number of pyridine rings is 1. The summed E-state index contributed by atoms with van der Waals surface area (Å²) in [6.07, 6.45) is -2.44. The maximum Gasteiger partial charge on any atom is 0.433 e. The third kappa shape index (κ3) is 5.14. The molecule has 0 unspecified atom stereocenters. The van der Waals surface area contributed by atoms with E-state index < -0.39 is 17.8 Å². The number of hydrogen-bond acceptors (Lipinski definition) is 6. The lowest BCUT2D eigenvalue weighted by atomic mass is 10.2. The Hall–Kier alpha value is -3.56. The van der Waals surface area contributed by atoms with Crippen molar-refractivity contribution in [2.45, 2.75) is 32.0 Å². The molecular formula is C21H19F3N6O. The number of anilines is 2. The number of nitrogens with zero attached hydrogens (tertiary/aromatic N) is 4. The van der Waals surface area contributed by atoms with Crippen LogP contribution >= 0.6 is 0 Å². The monoisotopic (exact) mass is 428 g/mol. The quantitative estimate of drug-likeness (QED) is 0.604. The van der Waals surface area contributed by atoms with Crippen molar-refractivity contribution in [2.75, 3.05) is 10.6 Å². The van der Waals surface area contributed by atoms with Crippen LogP contribution in [0.4, 0.5) is 25.1 Å². The average molecular weight is 428 g/mol. The third-order valence-corrected chi connectivity index (χ3v) is 4.85. The minimum Gasteiger partial charge on any atom is -0.351 e. The van der Waals surface area contributed by atoms with Gasteiger partial charge in [-0.25, -0.2) is 4.98 Å². The van der Waals surface area contributed by atoms with E-state index in [1.54, 1.807) is 30.3 Å². The van der Waals surface area contributed by atoms with Gasteiger partial charge in [-0.1, -0.05) is 24.3 Å². The number of amides is 1. The van der Waals surface area contributed by atoms with Crippen LogP contribution in [0.2, 0.25) is 0 Å². The Morgan fingerprint density at radius 3 is 2.35 bits per heavy atom. The fraction of sp³-hybridized carbons (Fsp3) is 0.286. The van der Waals surface area contributed by atoms with Crippen LogP contribution in [0.1, 0.15) is 35.8 Å². The van der Waals surface area contributed by atoms with Crippen LogP contribution in [0, 0.1) is 5.92 Å². The van der Waals surface area contributed by atoms with Gasteiger partial charge in [0.2, 0.25) is 11.9 Å². The molecule has 2 N–H and O–H groups in total. The SMILES string of the molecule is C[C@@H](Nc1nc(NC(=O)c2ccccc2)nc(-c2cccc(C(F)(F)F)n2)n1)C1CC1. The number of rotatable bonds is 6. The van der Waals surface area contributed by atoms with Gasteiger partial charge >= 0.3 is 6.18 Å². The summed E-state index contributed by atoms with van der Waals surface area (Å²) in [5.74, 6) is 0.0377. The topological polar surface area (TPSA) is 92.7 Å². The van der Waals surface area contributed by atoms with Gasteiger partial charge in [0.25, 0.3) is 5.91 Å². The van der Waals surface area contributed by atoms with Gasteiger partial charge < -0.3 is 5.32 Å². The van der Waals surface area contributed by atoms with Crippen LogP contribution in [0.5, 0.6) is 0 Å². The van der Waals surface area contributed by atoms with Crippen molar-refractivity contribution < 1.29 is 18.0 Å². The second kappa shape index (κ2) is 8.29. The van der Waals surface area contributed by atoms with E-state index in [4.69, 9.17) is 0 Å². The van der Waals surface area contributed by atoms with Crippen molar-refractivity contribution in [3.8, 4) is 11.5 Å². The van der Waals surface area contributed by atoms with Gasteiger partial charge in [-0.05, 0) is 49.9 Å². The predicted molar refractivity (Wildman–Crippen MR) is 108 cm³/mol. The number of halogens is 3. The molecule has 160 valence electrons. The maximum atomic E-state index is 13.1. The minimum atomic E-state index is -4.60. The van der Waals surface area contributed by atoms with Crippen molar-refractivity contribution in [3.63, 3.8) is 0 Å². The fourth-order valence-corrected chi connectivity index (χ4v) is 3.01. The summed E-state index contributed by atoms with van der Waals surface area (Å²) in [5, 5.41) is 5.73. The first-order chi connectivity index (χ1) is 14.8. The Balaban J connectivity index is 1.68. The van der Waals surface area contributed by atoms with Crippen LogP contribution in [0.3, 0.4) is 0 Å². The molecule has 4 rings (SSSR count). The second-order valence-electron chi connectivity index (χ2n) is 7.30. The molecule has 1 fully saturated rings. The summed E-state index contributed by atoms with van der Waals surface area (Å²) in [6, 6.07) is 12.0. The highest BCUT2D eigenvalue weighted by Crippen LogP contribution is 2.34. The van der Waals surface area contributed by atoms with E-state index in [2.05, 4.69) is 30.6 Å². The van der Waals surface area contributed by atoms with Gasteiger partial charge in [-0.15, -0.1) is 0 Å². The zero-order valence-electron chi connectivity index (χ0n) is 16.5. The molecule has 0 spiro atoms. The van der Waals surface area contributed by atoms with Crippen LogP contribution in [0.25, 0.3) is 11.5 Å². The lowest BCUT2D eigenvalue weighted by Gasteiger charge is -2.14. The number of hydrogen-bond donors (Lipinski definition) is 2. The molecule has 1 aliphatic carbocycles. The van der Waals surface area contributed by atoms with E-state index in [0.29, 0.717) is 11.5 Å². The van der Waals surface area contributed by atoms with Crippen LogP contribution in [0.15, 0.2) is 48.5 Å². The van der Waals surface area contributed by atoms with E-state index in [9.17, 15) is 18.0 Å². The maximum absolute atomic E-state index is 13.1. The molecule has 10 heteroatoms. The van der Waals surface area contributed by atoms with E-state index in [1.807, 2.05) is 6.92 Å². The third-order valence-electron chi connectivity index (χ3n) is 4.85. The highest BCUT2D eigenvalue weighted by atomic mass is 19.4. The molecule has 7 nitrogen and oxygen atoms in total. The molecular weight excluding hydrogens is 409 g/mol. The highest BCUT2D eigenvalue weighted by molar-refractivity contribution is 6.03. The molecule has 0 saturated heterocycles. The van der Waals surface area contributed by atoms with Gasteiger partial charge in [0.15, 0.2) is 5.82 Å². The Bertz CT molecular complexity index is 1090. The Morgan fingerprint density at radius 2 is 1.68 bits per heavy atom. The summed E-state index contributed by atoms with van der Waals surface area (Å²) in [4.78, 5) is 28.8. The van der Waals surface area contributed by atoms with E-state index >= 15 is 0 Å². The van der Waals surface area contributed by atoms with Crippen molar-refractivity contribution in [2.24, 2.45) is 5.92 Å². The summed E-state index contributed by atoms with van der Waals surface area (Å²) < 4.78 is 39.3. The molecule has 0 bridgehead atoms. The Kier molecular flexibility index (Phi) is 5.53. The number of aromatic nitrogens is 4. The standard InChI is InChI=1S/C21H19F3N6O/c1-12(13-10-11-13)25-19-27-17(15-8-5-9-16(26-15)21(22,23)24)28-20(30-19)29-18(31)14-6-3-2-4-7-14/h2-9,12-13H,10-11H2,1H3,(H2,25,27,28,29,30,31)/t12-/m1/s1. The average Bonchev–Trinajstić information content (AvgIpc) is 3.59. The Labute approximate surface area is 176 Å². The van der Waals surface area contributed by atoms with E-state index in [0.717, 1.165) is 18.9 Å². The summed E-state index contributed by atoms with van der Waals surface area (Å²) in [7, 11) is 0. The molecule has 1 aromatic carbocycles. The number of carbonyl (C=O) groups excluding carboxylic acids is 1. The van der Waals surface area contributed by atoms with Gasteiger partial charge in [0, 0.05) is 11.6 Å². The first kappa shape index (κ1) is 20.7. The summed E-state index contributed by atoms with van der Waals surface area (Å²) in [5.41, 5.74) is -0.738. The molecule has 1 atom stereocenters. The molecule has 0 radical (unpaired) electrons. The van der Waals surface area contributed by atoms with Gasteiger partial charge in [0.05, 0.1) is 0 Å². The summed E-state index contributed by atoms with van der Waals surface area (Å²) >= 11 is 0. The molecule has 3 aromatic rings. The number of nitrogens with one attached hydrogen (secondary N) is 2. The lowest BCUT2D eigenvalue weighted by Crippen LogP contribution is -2.21. The van der Waals surface area contributed by atoms with Crippen molar-refractivity contribution in [1.29, 1.82) is 0 Å². The van der Waals surface area contributed by atoms with Crippen LogP contribution < -0.4 is 10.6 Å². The summed E-state index contributed by atoms with van der Waals surface area (Å²) in [6.45, 7) is 1.98. The van der Waals surface area contributed by atoms with Crippen LogP contribution in [-0.2, 0) is 6.18 Å². The van der Waals surface area contributed by atoms with E-state index in [1.165, 1.54) is 12.1 Å². The van der Waals surface area contributed by atoms with E-state index in [-0.39, 0.29) is 29.5 Å². The fourth-order valence-electron chi connectivity index (χ4n) is 3.01. The van der Waals surface area contributed by atoms with Crippen molar-refractivity contribution in [1.82, 2.24) is 19.9 Å². The predicted octanol–water partition coefficient (Wildman–Crippen LogP) is 4.42. The Morgan fingerprint density at radius 1 is 0.968 bits per heavy atom. The van der Waals surface area contributed by atoms with Gasteiger partial charge in [-0.3, -0.25) is 10.1 Å². The molecule has 1 saturated carbocycles. The largest absolute Gasteiger partial charge is 0.433 e. The molecule has 2 aromatic heterocycles. The smallest absolute Gasteiger partial charge is 0.351 e. The normalized spacial score (nSPS) is 14.7. The molecule has 31 heavy (non-hydrogen) atoms.